The van der Waals surface area contributed by atoms with Gasteiger partial charge < -0.3 is 24.3 Å². The molecule has 0 spiro atoms. The number of hydrogen-bond donors (Lipinski definition) is 1. The Bertz CT molecular complexity index is 373. The van der Waals surface area contributed by atoms with Crippen molar-refractivity contribution in [2.24, 2.45) is 11.8 Å². The predicted octanol–water partition coefficient (Wildman–Crippen LogP) is 2.22. The van der Waals surface area contributed by atoms with Crippen LogP contribution in [0.4, 0.5) is 0 Å². The Morgan fingerprint density at radius 1 is 0.704 bits per heavy atom. The van der Waals surface area contributed by atoms with Crippen molar-refractivity contribution in [1.29, 1.82) is 0 Å². The molecule has 27 heavy (non-hydrogen) atoms. The van der Waals surface area contributed by atoms with Gasteiger partial charge in [0.15, 0.2) is 0 Å². The van der Waals surface area contributed by atoms with Crippen molar-refractivity contribution in [3.63, 3.8) is 0 Å². The number of Topliss-reactive ketones (excluding diaryl/α,β-unsaturated/α-hetero) is 1. The highest BCUT2D eigenvalue weighted by atomic mass is 16.6. The molecule has 0 bridgehead atoms. The van der Waals surface area contributed by atoms with Crippen LogP contribution in [0.3, 0.4) is 0 Å². The highest BCUT2D eigenvalue weighted by Gasteiger charge is 2.06. The van der Waals surface area contributed by atoms with E-state index in [4.69, 9.17) is 18.9 Å². The van der Waals surface area contributed by atoms with Crippen LogP contribution in [-0.2, 0) is 28.5 Å². The Balaban J connectivity index is 3.17. The normalized spacial score (nSPS) is 11.3. The minimum absolute atomic E-state index is 0.0689. The molecule has 0 atom stereocenters. The molecule has 0 aliphatic carbocycles. The number of ketones is 1. The largest absolute Gasteiger partial charge is 0.379 e. The van der Waals surface area contributed by atoms with Gasteiger partial charge >= 0.3 is 0 Å². The number of carbonyl (C=O) groups excluding carboxylic acids is 2. The first-order valence-electron chi connectivity index (χ1n) is 10.0. The van der Waals surface area contributed by atoms with Crippen molar-refractivity contribution in [1.82, 2.24) is 5.32 Å². The molecule has 0 aliphatic rings. The maximum atomic E-state index is 11.5. The van der Waals surface area contributed by atoms with E-state index in [-0.39, 0.29) is 17.6 Å². The third-order valence-electron chi connectivity index (χ3n) is 3.77. The molecule has 1 N–H and O–H groups in total. The molecular weight excluding hydrogens is 350 g/mol. The molecule has 0 heterocycles. The zero-order valence-electron chi connectivity index (χ0n) is 17.6. The summed E-state index contributed by atoms with van der Waals surface area (Å²) < 4.78 is 21.5. The standard InChI is InChI=1S/C20H39NO6/c1-17(2)5-6-20(23)21-8-10-25-12-14-27-16-15-26-13-11-24-9-7-19(22)18(3)4/h17-18H,5-16H2,1-4H3,(H,21,23). The van der Waals surface area contributed by atoms with Crippen molar-refractivity contribution < 1.29 is 28.5 Å². The lowest BCUT2D eigenvalue weighted by molar-refractivity contribution is -0.123. The van der Waals surface area contributed by atoms with Crippen LogP contribution in [0.2, 0.25) is 0 Å². The number of ether oxygens (including phenoxy) is 4. The van der Waals surface area contributed by atoms with Gasteiger partial charge in [0.1, 0.15) is 5.78 Å². The summed E-state index contributed by atoms with van der Waals surface area (Å²) in [4.78, 5) is 22.9. The molecule has 0 aromatic rings. The van der Waals surface area contributed by atoms with Crippen molar-refractivity contribution in [3.05, 3.63) is 0 Å². The van der Waals surface area contributed by atoms with Gasteiger partial charge in [-0.1, -0.05) is 27.7 Å². The van der Waals surface area contributed by atoms with E-state index >= 15 is 0 Å². The fourth-order valence-corrected chi connectivity index (χ4v) is 1.99. The SMILES string of the molecule is CC(C)CCC(=O)NCCOCCOCCOCCOCCC(=O)C(C)C. The van der Waals surface area contributed by atoms with Gasteiger partial charge in [0.05, 0.1) is 52.9 Å². The zero-order chi connectivity index (χ0) is 20.3. The van der Waals surface area contributed by atoms with Crippen LogP contribution < -0.4 is 5.32 Å². The third-order valence-corrected chi connectivity index (χ3v) is 3.77. The molecule has 0 radical (unpaired) electrons. The average molecular weight is 390 g/mol. The second kappa shape index (κ2) is 18.3. The lowest BCUT2D eigenvalue weighted by atomic mass is 10.1. The molecule has 0 aromatic heterocycles. The zero-order valence-corrected chi connectivity index (χ0v) is 17.6. The molecule has 1 amide bonds. The monoisotopic (exact) mass is 389 g/mol. The third kappa shape index (κ3) is 19.5. The van der Waals surface area contributed by atoms with Gasteiger partial charge in [-0.25, -0.2) is 0 Å². The van der Waals surface area contributed by atoms with Crippen LogP contribution in [0.15, 0.2) is 0 Å². The van der Waals surface area contributed by atoms with Crippen molar-refractivity contribution >= 4 is 11.7 Å². The maximum Gasteiger partial charge on any atom is 0.220 e. The first-order valence-corrected chi connectivity index (χ1v) is 10.0. The van der Waals surface area contributed by atoms with E-state index in [0.717, 1.165) is 6.42 Å². The van der Waals surface area contributed by atoms with Gasteiger partial charge in [0.2, 0.25) is 5.91 Å². The molecule has 0 saturated heterocycles. The minimum atomic E-state index is 0.0689. The summed E-state index contributed by atoms with van der Waals surface area (Å²) in [6.45, 7) is 12.4. The molecule has 0 aromatic carbocycles. The van der Waals surface area contributed by atoms with Gasteiger partial charge in [-0.15, -0.1) is 0 Å². The molecule has 160 valence electrons. The van der Waals surface area contributed by atoms with Crippen LogP contribution in [0.25, 0.3) is 0 Å². The van der Waals surface area contributed by atoms with E-state index < -0.39 is 0 Å². The molecule has 7 heteroatoms. The molecule has 0 rings (SSSR count). The number of hydrogen-bond acceptors (Lipinski definition) is 6. The van der Waals surface area contributed by atoms with E-state index in [1.165, 1.54) is 0 Å². The Kier molecular flexibility index (Phi) is 17.7. The van der Waals surface area contributed by atoms with Gasteiger partial charge in [-0.3, -0.25) is 9.59 Å². The van der Waals surface area contributed by atoms with E-state index in [0.29, 0.717) is 78.2 Å². The summed E-state index contributed by atoms with van der Waals surface area (Å²) in [6.07, 6.45) is 1.94. The maximum absolute atomic E-state index is 11.5. The summed E-state index contributed by atoms with van der Waals surface area (Å²) in [7, 11) is 0. The lowest BCUT2D eigenvalue weighted by Crippen LogP contribution is -2.27. The van der Waals surface area contributed by atoms with Crippen LogP contribution in [0.1, 0.15) is 47.0 Å². The van der Waals surface area contributed by atoms with E-state index in [1.54, 1.807) is 0 Å². The van der Waals surface area contributed by atoms with Crippen LogP contribution in [-0.4, -0.2) is 71.1 Å². The quantitative estimate of drug-likeness (QED) is 0.341. The fraction of sp³-hybridized carbons (Fsp3) is 0.900. The first kappa shape index (κ1) is 26.0. The predicted molar refractivity (Wildman–Crippen MR) is 105 cm³/mol. The molecule has 0 aliphatic heterocycles. The second-order valence-electron chi connectivity index (χ2n) is 7.10. The summed E-state index contributed by atoms with van der Waals surface area (Å²) in [6, 6.07) is 0. The Hall–Kier alpha value is -1.02. The molecular formula is C20H39NO6. The number of rotatable bonds is 19. The number of amides is 1. The van der Waals surface area contributed by atoms with Gasteiger partial charge in [-0.2, -0.15) is 0 Å². The van der Waals surface area contributed by atoms with Crippen LogP contribution in [0.5, 0.6) is 0 Å². The average Bonchev–Trinajstić information content (AvgIpc) is 2.62. The summed E-state index contributed by atoms with van der Waals surface area (Å²) >= 11 is 0. The van der Waals surface area contributed by atoms with Crippen LogP contribution in [0, 0.1) is 11.8 Å². The topological polar surface area (TPSA) is 83.1 Å². The van der Waals surface area contributed by atoms with Crippen molar-refractivity contribution in [2.45, 2.75) is 47.0 Å². The fourth-order valence-electron chi connectivity index (χ4n) is 1.99. The van der Waals surface area contributed by atoms with Crippen molar-refractivity contribution in [2.75, 3.05) is 59.4 Å². The highest BCUT2D eigenvalue weighted by molar-refractivity contribution is 5.80. The molecule has 0 unspecified atom stereocenters. The smallest absolute Gasteiger partial charge is 0.220 e. The van der Waals surface area contributed by atoms with Crippen LogP contribution >= 0.6 is 0 Å². The molecule has 7 nitrogen and oxygen atoms in total. The first-order chi connectivity index (χ1) is 12.9. The van der Waals surface area contributed by atoms with Gasteiger partial charge in [-0.05, 0) is 12.3 Å². The number of carbonyl (C=O) groups is 2. The Morgan fingerprint density at radius 2 is 1.19 bits per heavy atom. The second-order valence-corrected chi connectivity index (χ2v) is 7.10. The Morgan fingerprint density at radius 3 is 1.67 bits per heavy atom. The minimum Gasteiger partial charge on any atom is -0.379 e. The van der Waals surface area contributed by atoms with Gasteiger partial charge in [0.25, 0.3) is 0 Å². The summed E-state index contributed by atoms with van der Waals surface area (Å²) in [5.74, 6) is 0.914. The highest BCUT2D eigenvalue weighted by Crippen LogP contribution is 2.02. The lowest BCUT2D eigenvalue weighted by Gasteiger charge is -2.09. The summed E-state index contributed by atoms with van der Waals surface area (Å²) in [5.41, 5.74) is 0. The van der Waals surface area contributed by atoms with Gasteiger partial charge in [0, 0.05) is 25.3 Å². The molecule has 0 fully saturated rings. The summed E-state index contributed by atoms with van der Waals surface area (Å²) in [5, 5.41) is 2.83. The Labute approximate surface area is 164 Å². The van der Waals surface area contributed by atoms with Crippen molar-refractivity contribution in [3.8, 4) is 0 Å². The van der Waals surface area contributed by atoms with E-state index in [1.807, 2.05) is 13.8 Å². The number of nitrogens with one attached hydrogen (secondary N) is 1. The molecule has 0 saturated carbocycles. The van der Waals surface area contributed by atoms with E-state index in [9.17, 15) is 9.59 Å². The van der Waals surface area contributed by atoms with E-state index in [2.05, 4.69) is 19.2 Å².